The van der Waals surface area contributed by atoms with Gasteiger partial charge in [0.25, 0.3) is 17.2 Å². The van der Waals surface area contributed by atoms with Gasteiger partial charge in [0.05, 0.1) is 33.4 Å². The predicted molar refractivity (Wildman–Crippen MR) is 145 cm³/mol. The molecule has 2 heterocycles. The van der Waals surface area contributed by atoms with E-state index in [-0.39, 0.29) is 17.9 Å². The maximum atomic E-state index is 13.6. The Morgan fingerprint density at radius 2 is 1.82 bits per heavy atom. The van der Waals surface area contributed by atoms with E-state index in [0.29, 0.717) is 31.9 Å². The molecule has 12 nitrogen and oxygen atoms in total. The number of carboxylic acid groups (broad SMARTS) is 1. The summed E-state index contributed by atoms with van der Waals surface area (Å²) in [6, 6.07) is 11.6. The number of esters is 2. The van der Waals surface area contributed by atoms with Gasteiger partial charge in [0, 0.05) is 26.0 Å². The Hall–Kier alpha value is -4.91. The maximum absolute atomic E-state index is 13.6. The number of aliphatic carboxylic acids is 1. The van der Waals surface area contributed by atoms with Crippen LogP contribution in [0, 0.1) is 10.1 Å². The molecule has 0 spiro atoms. The van der Waals surface area contributed by atoms with Crippen LogP contribution >= 0.6 is 11.3 Å². The number of thiazole rings is 1. The Bertz CT molecular complexity index is 1680. The summed E-state index contributed by atoms with van der Waals surface area (Å²) in [7, 11) is 0. The van der Waals surface area contributed by atoms with Crippen molar-refractivity contribution < 1.29 is 33.9 Å². The first-order valence-corrected chi connectivity index (χ1v) is 12.7. The van der Waals surface area contributed by atoms with Crippen molar-refractivity contribution in [1.29, 1.82) is 0 Å². The number of allylic oxidation sites excluding steroid dienone is 1. The fourth-order valence-corrected chi connectivity index (χ4v) is 4.92. The van der Waals surface area contributed by atoms with Gasteiger partial charge in [-0.3, -0.25) is 29.1 Å². The topological polar surface area (TPSA) is 167 Å². The number of carboxylic acids is 1. The van der Waals surface area contributed by atoms with Gasteiger partial charge in [-0.25, -0.2) is 9.79 Å². The van der Waals surface area contributed by atoms with Crippen LogP contribution in [0.5, 0.6) is 5.75 Å². The van der Waals surface area contributed by atoms with Gasteiger partial charge in [0.2, 0.25) is 0 Å². The lowest BCUT2D eigenvalue weighted by molar-refractivity contribution is -0.384. The first-order valence-electron chi connectivity index (χ1n) is 11.8. The summed E-state index contributed by atoms with van der Waals surface area (Å²) in [4.78, 5) is 62.3. The Labute approximate surface area is 231 Å². The number of hydrogen-bond acceptors (Lipinski definition) is 10. The Balaban J connectivity index is 0.00000103. The summed E-state index contributed by atoms with van der Waals surface area (Å²) in [6.45, 7) is 5.87. The summed E-state index contributed by atoms with van der Waals surface area (Å²) in [6.07, 6.45) is 1.56. The fraction of sp³-hybridized carbons (Fsp3) is 0.222. The lowest BCUT2D eigenvalue weighted by Crippen LogP contribution is -2.39. The average Bonchev–Trinajstić information content (AvgIpc) is 3.17. The van der Waals surface area contributed by atoms with Crippen molar-refractivity contribution in [1.82, 2.24) is 4.57 Å². The molecule has 4 rings (SSSR count). The zero-order chi connectivity index (χ0) is 29.6. The second-order valence-corrected chi connectivity index (χ2v) is 9.35. The number of nitrogens with zero attached hydrogens (tertiary/aromatic N) is 3. The molecule has 3 aromatic rings. The molecule has 1 aliphatic rings. The van der Waals surface area contributed by atoms with Crippen LogP contribution in [0.1, 0.15) is 44.9 Å². The molecule has 0 saturated carbocycles. The third-order valence-corrected chi connectivity index (χ3v) is 6.34. The molecule has 1 unspecified atom stereocenters. The minimum Gasteiger partial charge on any atom is -0.481 e. The predicted octanol–water partition coefficient (Wildman–Crippen LogP) is 2.72. The van der Waals surface area contributed by atoms with E-state index in [0.717, 1.165) is 18.3 Å². The molecular formula is C27H25N3O9S. The quantitative estimate of drug-likeness (QED) is 0.204. The summed E-state index contributed by atoms with van der Waals surface area (Å²) >= 11 is 1.11. The van der Waals surface area contributed by atoms with Crippen LogP contribution in [0.25, 0.3) is 6.08 Å². The van der Waals surface area contributed by atoms with Crippen LogP contribution < -0.4 is 19.6 Å². The zero-order valence-electron chi connectivity index (χ0n) is 21.9. The smallest absolute Gasteiger partial charge is 0.338 e. The fourth-order valence-electron chi connectivity index (χ4n) is 3.87. The molecule has 1 atom stereocenters. The van der Waals surface area contributed by atoms with Gasteiger partial charge < -0.3 is 14.6 Å². The van der Waals surface area contributed by atoms with Crippen molar-refractivity contribution in [3.8, 4) is 5.75 Å². The van der Waals surface area contributed by atoms with Crippen LogP contribution in [0.3, 0.4) is 0 Å². The highest BCUT2D eigenvalue weighted by molar-refractivity contribution is 7.07. The number of rotatable bonds is 6. The Kier molecular flexibility index (Phi) is 9.45. The normalized spacial score (nSPS) is 14.3. The SMILES string of the molecule is CC(=O)O.CCOC(=O)C1=C(C)N=c2s/c(=C/c3cccc([N+](=O)[O-])c3)c(=O)n2C1c1ccc(OC(C)=O)cc1. The number of fused-ring (bicyclic) bond motifs is 1. The molecule has 0 fully saturated rings. The van der Waals surface area contributed by atoms with E-state index in [1.54, 1.807) is 50.3 Å². The zero-order valence-corrected chi connectivity index (χ0v) is 22.8. The summed E-state index contributed by atoms with van der Waals surface area (Å²) in [5.41, 5.74) is 1.19. The van der Waals surface area contributed by atoms with E-state index >= 15 is 0 Å². The van der Waals surface area contributed by atoms with E-state index < -0.39 is 34.4 Å². The van der Waals surface area contributed by atoms with Crippen LogP contribution in [0.4, 0.5) is 5.69 Å². The second-order valence-electron chi connectivity index (χ2n) is 8.34. The minimum atomic E-state index is -0.834. The number of nitro groups is 1. The van der Waals surface area contributed by atoms with Crippen molar-refractivity contribution in [2.45, 2.75) is 33.7 Å². The largest absolute Gasteiger partial charge is 0.481 e. The van der Waals surface area contributed by atoms with Crippen molar-refractivity contribution in [2.24, 2.45) is 4.99 Å². The standard InChI is InChI=1S/C25H21N3O7S.C2H4O2/c1-4-34-24(31)21-14(2)26-25-27(22(21)17-8-10-19(11-9-17)35-15(3)29)23(30)20(36-25)13-16-6-5-7-18(12-16)28(32)33;1-2(3)4/h5-13,22H,4H2,1-3H3;1H3,(H,3,4)/b20-13+;. The lowest BCUT2D eigenvalue weighted by Gasteiger charge is -2.24. The van der Waals surface area contributed by atoms with E-state index in [1.807, 2.05) is 0 Å². The molecule has 1 aliphatic heterocycles. The Morgan fingerprint density at radius 3 is 2.40 bits per heavy atom. The number of non-ortho nitro benzene ring substituents is 1. The minimum absolute atomic E-state index is 0.0947. The summed E-state index contributed by atoms with van der Waals surface area (Å²) in [5.74, 6) is -1.58. The van der Waals surface area contributed by atoms with E-state index in [1.165, 1.54) is 29.7 Å². The molecule has 0 radical (unpaired) electrons. The number of carbonyl (C=O) groups is 3. The van der Waals surface area contributed by atoms with Gasteiger partial charge in [-0.15, -0.1) is 0 Å². The van der Waals surface area contributed by atoms with Gasteiger partial charge in [-0.1, -0.05) is 35.6 Å². The van der Waals surface area contributed by atoms with Gasteiger partial charge in [-0.2, -0.15) is 0 Å². The van der Waals surface area contributed by atoms with E-state index in [2.05, 4.69) is 4.99 Å². The number of aromatic nitrogens is 1. The highest BCUT2D eigenvalue weighted by Crippen LogP contribution is 2.31. The van der Waals surface area contributed by atoms with Crippen LogP contribution in [-0.2, 0) is 19.1 Å². The van der Waals surface area contributed by atoms with Crippen molar-refractivity contribution in [3.05, 3.63) is 101 Å². The van der Waals surface area contributed by atoms with E-state index in [4.69, 9.17) is 19.4 Å². The highest BCUT2D eigenvalue weighted by Gasteiger charge is 2.33. The third-order valence-electron chi connectivity index (χ3n) is 5.35. The third kappa shape index (κ3) is 6.94. The molecular weight excluding hydrogens is 542 g/mol. The summed E-state index contributed by atoms with van der Waals surface area (Å²) < 4.78 is 12.1. The second kappa shape index (κ2) is 12.8. The first kappa shape index (κ1) is 29.6. The van der Waals surface area contributed by atoms with Gasteiger partial charge in [0.1, 0.15) is 5.75 Å². The number of nitro benzene ring substituents is 1. The average molecular weight is 568 g/mol. The first-order chi connectivity index (χ1) is 18.9. The lowest BCUT2D eigenvalue weighted by atomic mass is 9.96. The van der Waals surface area contributed by atoms with Gasteiger partial charge >= 0.3 is 11.9 Å². The molecule has 0 saturated heterocycles. The van der Waals surface area contributed by atoms with Crippen LogP contribution in [0.15, 0.2) is 69.6 Å². The highest BCUT2D eigenvalue weighted by atomic mass is 32.1. The van der Waals surface area contributed by atoms with E-state index in [9.17, 15) is 24.5 Å². The van der Waals surface area contributed by atoms with Crippen LogP contribution in [-0.4, -0.2) is 39.1 Å². The molecule has 13 heteroatoms. The molecule has 2 aromatic carbocycles. The molecule has 208 valence electrons. The number of carbonyl (C=O) groups excluding carboxylic acids is 2. The van der Waals surface area contributed by atoms with Gasteiger partial charge in [0.15, 0.2) is 4.80 Å². The monoisotopic (exact) mass is 567 g/mol. The molecule has 40 heavy (non-hydrogen) atoms. The molecule has 1 N–H and O–H groups in total. The number of ether oxygens (including phenoxy) is 2. The molecule has 0 amide bonds. The van der Waals surface area contributed by atoms with Gasteiger partial charge in [-0.05, 0) is 43.2 Å². The number of benzene rings is 2. The Morgan fingerprint density at radius 1 is 1.18 bits per heavy atom. The van der Waals surface area contributed by atoms with Crippen molar-refractivity contribution in [3.63, 3.8) is 0 Å². The molecule has 1 aromatic heterocycles. The van der Waals surface area contributed by atoms with Crippen molar-refractivity contribution in [2.75, 3.05) is 6.61 Å². The van der Waals surface area contributed by atoms with Crippen LogP contribution in [0.2, 0.25) is 0 Å². The van der Waals surface area contributed by atoms with Crippen molar-refractivity contribution >= 4 is 41.0 Å². The number of hydrogen-bond donors (Lipinski definition) is 1. The summed E-state index contributed by atoms with van der Waals surface area (Å²) in [5, 5.41) is 18.6. The maximum Gasteiger partial charge on any atom is 0.338 e. The molecule has 0 aliphatic carbocycles. The molecule has 0 bridgehead atoms.